The highest BCUT2D eigenvalue weighted by atomic mass is 16.5. The highest BCUT2D eigenvalue weighted by molar-refractivity contribution is 5.76. The number of benzene rings is 2. The van der Waals surface area contributed by atoms with Crippen LogP contribution in [0.25, 0.3) is 17.7 Å². The Kier molecular flexibility index (Phi) is 6.36. The number of aliphatic hydroxyl groups excluding tert-OH is 1. The van der Waals surface area contributed by atoms with Gasteiger partial charge in [0, 0.05) is 30.2 Å². The Bertz CT molecular complexity index is 1270. The molecule has 3 heterocycles. The number of ether oxygens (including phenoxy) is 3. The van der Waals surface area contributed by atoms with Crippen LogP contribution in [0, 0.1) is 0 Å². The number of likely N-dealkylation sites (tertiary alicyclic amines) is 1. The molecule has 1 N–H and O–H groups in total. The van der Waals surface area contributed by atoms with Crippen molar-refractivity contribution in [3.63, 3.8) is 0 Å². The van der Waals surface area contributed by atoms with E-state index in [0.717, 1.165) is 63.8 Å². The van der Waals surface area contributed by atoms with Gasteiger partial charge in [-0.15, -0.1) is 0 Å². The molecule has 1 atom stereocenters. The van der Waals surface area contributed by atoms with Gasteiger partial charge in [0.1, 0.15) is 23.9 Å². The van der Waals surface area contributed by atoms with Gasteiger partial charge in [0.2, 0.25) is 0 Å². The summed E-state index contributed by atoms with van der Waals surface area (Å²) < 4.78 is 18.3. The van der Waals surface area contributed by atoms with E-state index in [9.17, 15) is 5.11 Å². The summed E-state index contributed by atoms with van der Waals surface area (Å²) in [6.45, 7) is 5.27. The summed E-state index contributed by atoms with van der Waals surface area (Å²) in [6, 6.07) is 12.5. The van der Waals surface area contributed by atoms with Gasteiger partial charge < -0.3 is 19.3 Å². The number of piperidine rings is 1. The predicted molar refractivity (Wildman–Crippen MR) is 138 cm³/mol. The highest BCUT2D eigenvalue weighted by Gasteiger charge is 2.26. The van der Waals surface area contributed by atoms with Gasteiger partial charge in [-0.2, -0.15) is 0 Å². The number of nitrogens with zero attached hydrogens (tertiary/aromatic N) is 1. The maximum Gasteiger partial charge on any atom is 0.134 e. The molecule has 2 fully saturated rings. The second-order valence-corrected chi connectivity index (χ2v) is 9.83. The largest absolute Gasteiger partial charge is 0.508 e. The zero-order chi connectivity index (χ0) is 23.6. The molecule has 5 heteroatoms. The Balaban J connectivity index is 1.17. The van der Waals surface area contributed by atoms with Crippen molar-refractivity contribution in [1.29, 1.82) is 0 Å². The second-order valence-electron chi connectivity index (χ2n) is 9.83. The lowest BCUT2D eigenvalue weighted by molar-refractivity contribution is 0.0673. The molecule has 0 spiro atoms. The molecular weight excluding hydrogens is 438 g/mol. The van der Waals surface area contributed by atoms with Crippen molar-refractivity contribution in [2.45, 2.75) is 38.2 Å². The Morgan fingerprint density at radius 3 is 2.71 bits per heavy atom. The molecule has 0 radical (unpaired) electrons. The molecule has 0 amide bonds. The number of rotatable bonds is 5. The lowest BCUT2D eigenvalue weighted by Crippen LogP contribution is -2.33. The standard InChI is InChI=1S/C30H33NO4/c32-24-17-23-18-29(21-6-9-25(10-7-21)33-16-14-31-12-2-1-3-13-31)35-20-28(23)26-11-8-22-5-4-15-34-30(22)27(26)19-24/h5-11,17,19,29,32H,1-4,12-16,18,20H2. The Morgan fingerprint density at radius 1 is 1.00 bits per heavy atom. The predicted octanol–water partition coefficient (Wildman–Crippen LogP) is 4.27. The first-order valence-corrected chi connectivity index (χ1v) is 12.9. The van der Waals surface area contributed by atoms with E-state index < -0.39 is 0 Å². The Hall–Kier alpha value is -3.02. The summed E-state index contributed by atoms with van der Waals surface area (Å²) in [5.41, 5.74) is 4.33. The van der Waals surface area contributed by atoms with Crippen LogP contribution < -0.4 is 19.9 Å². The summed E-state index contributed by atoms with van der Waals surface area (Å²) in [6.07, 6.45) is 11.5. The summed E-state index contributed by atoms with van der Waals surface area (Å²) in [4.78, 5) is 2.49. The fourth-order valence-electron chi connectivity index (χ4n) is 5.61. The number of hydrogen-bond acceptors (Lipinski definition) is 5. The van der Waals surface area contributed by atoms with E-state index in [4.69, 9.17) is 14.2 Å². The van der Waals surface area contributed by atoms with Gasteiger partial charge in [-0.05, 0) is 72.1 Å². The van der Waals surface area contributed by atoms with Crippen LogP contribution in [0.4, 0.5) is 0 Å². The SMILES string of the molecule is OC1=Cc2c3c(ccc2=C2COC(c4ccc(OCCN5CCCCC5)cc4)CC2=C1)=CCCO3. The Morgan fingerprint density at radius 2 is 1.86 bits per heavy atom. The van der Waals surface area contributed by atoms with Crippen LogP contribution in [0.5, 0.6) is 11.5 Å². The number of fused-ring (bicyclic) bond motifs is 4. The van der Waals surface area contributed by atoms with Gasteiger partial charge in [0.15, 0.2) is 0 Å². The first-order valence-electron chi connectivity index (χ1n) is 12.9. The molecule has 5 nitrogen and oxygen atoms in total. The highest BCUT2D eigenvalue weighted by Crippen LogP contribution is 2.37. The summed E-state index contributed by atoms with van der Waals surface area (Å²) in [5, 5.41) is 12.9. The zero-order valence-corrected chi connectivity index (χ0v) is 20.2. The summed E-state index contributed by atoms with van der Waals surface area (Å²) in [5.74, 6) is 2.02. The maximum atomic E-state index is 10.7. The molecule has 4 aliphatic rings. The van der Waals surface area contributed by atoms with Crippen LogP contribution in [0.1, 0.15) is 49.3 Å². The monoisotopic (exact) mass is 471 g/mol. The van der Waals surface area contributed by atoms with Crippen molar-refractivity contribution >= 4 is 17.7 Å². The van der Waals surface area contributed by atoms with Crippen molar-refractivity contribution in [3.05, 3.63) is 75.4 Å². The van der Waals surface area contributed by atoms with E-state index in [1.165, 1.54) is 32.4 Å². The smallest absolute Gasteiger partial charge is 0.134 e. The van der Waals surface area contributed by atoms with E-state index in [2.05, 4.69) is 35.2 Å². The minimum atomic E-state index is -0.0519. The molecule has 2 saturated heterocycles. The quantitative estimate of drug-likeness (QED) is 0.706. The molecule has 0 aromatic heterocycles. The van der Waals surface area contributed by atoms with Gasteiger partial charge in [0.05, 0.1) is 19.3 Å². The summed E-state index contributed by atoms with van der Waals surface area (Å²) in [7, 11) is 0. The minimum absolute atomic E-state index is 0.0519. The normalized spacial score (nSPS) is 21.8. The third-order valence-electron chi connectivity index (χ3n) is 7.49. The lowest BCUT2D eigenvalue weighted by Gasteiger charge is -2.28. The van der Waals surface area contributed by atoms with Gasteiger partial charge >= 0.3 is 0 Å². The van der Waals surface area contributed by atoms with Crippen molar-refractivity contribution in [3.8, 4) is 11.5 Å². The average Bonchev–Trinajstić information content (AvgIpc) is 3.04. The molecule has 0 saturated carbocycles. The fraction of sp³-hybridized carbons (Fsp3) is 0.400. The lowest BCUT2D eigenvalue weighted by atomic mass is 9.91. The second kappa shape index (κ2) is 9.92. The number of aliphatic hydroxyl groups is 1. The molecule has 0 bridgehead atoms. The first kappa shape index (κ1) is 22.4. The maximum absolute atomic E-state index is 10.7. The van der Waals surface area contributed by atoms with E-state index in [1.807, 2.05) is 24.3 Å². The molecule has 182 valence electrons. The van der Waals surface area contributed by atoms with E-state index in [1.54, 1.807) is 0 Å². The van der Waals surface area contributed by atoms with Gasteiger partial charge in [-0.25, -0.2) is 0 Å². The average molecular weight is 472 g/mol. The molecule has 2 aromatic carbocycles. The molecule has 6 rings (SSSR count). The van der Waals surface area contributed by atoms with Crippen molar-refractivity contribution in [2.75, 3.05) is 39.5 Å². The molecule has 2 aromatic rings. The van der Waals surface area contributed by atoms with Crippen LogP contribution in [0.15, 0.2) is 53.8 Å². The summed E-state index contributed by atoms with van der Waals surface area (Å²) >= 11 is 0. The Labute approximate surface area is 206 Å². The van der Waals surface area contributed by atoms with Gasteiger partial charge in [-0.3, -0.25) is 4.90 Å². The third-order valence-corrected chi connectivity index (χ3v) is 7.49. The van der Waals surface area contributed by atoms with Crippen LogP contribution in [-0.4, -0.2) is 49.5 Å². The molecule has 3 aliphatic heterocycles. The van der Waals surface area contributed by atoms with Crippen molar-refractivity contribution in [1.82, 2.24) is 4.90 Å². The molecule has 1 aliphatic carbocycles. The van der Waals surface area contributed by atoms with E-state index >= 15 is 0 Å². The van der Waals surface area contributed by atoms with Crippen LogP contribution in [0.2, 0.25) is 0 Å². The molecule has 1 unspecified atom stereocenters. The van der Waals surface area contributed by atoms with Crippen LogP contribution >= 0.6 is 0 Å². The number of hydrogen-bond donors (Lipinski definition) is 1. The number of allylic oxidation sites excluding steroid dienone is 1. The first-order chi connectivity index (χ1) is 17.2. The molecule has 35 heavy (non-hydrogen) atoms. The van der Waals surface area contributed by atoms with E-state index in [0.29, 0.717) is 19.6 Å². The third kappa shape index (κ3) is 4.75. The topological polar surface area (TPSA) is 51.2 Å². The van der Waals surface area contributed by atoms with Crippen molar-refractivity contribution < 1.29 is 19.3 Å². The van der Waals surface area contributed by atoms with Crippen molar-refractivity contribution in [2.24, 2.45) is 0 Å². The van der Waals surface area contributed by atoms with Crippen LogP contribution in [-0.2, 0) is 4.74 Å². The molecular formula is C30H33NO4. The minimum Gasteiger partial charge on any atom is -0.508 e. The fourth-order valence-corrected chi connectivity index (χ4v) is 5.61. The van der Waals surface area contributed by atoms with Gasteiger partial charge in [-0.1, -0.05) is 36.8 Å². The van der Waals surface area contributed by atoms with E-state index in [-0.39, 0.29) is 11.9 Å². The van der Waals surface area contributed by atoms with Crippen LogP contribution in [0.3, 0.4) is 0 Å². The van der Waals surface area contributed by atoms with Gasteiger partial charge in [0.25, 0.3) is 0 Å². The zero-order valence-electron chi connectivity index (χ0n) is 20.2.